The SMILES string of the molecule is CS(=O)(=O)Nc1cccc(-c2ccccc2)c1. The largest absolute Gasteiger partial charge is 0.284 e. The molecule has 0 aliphatic heterocycles. The molecule has 0 aliphatic carbocycles. The molecule has 0 amide bonds. The second-order valence-corrected chi connectivity index (χ2v) is 5.57. The van der Waals surface area contributed by atoms with E-state index in [1.165, 1.54) is 0 Å². The Labute approximate surface area is 101 Å². The van der Waals surface area contributed by atoms with E-state index < -0.39 is 10.0 Å². The van der Waals surface area contributed by atoms with Crippen molar-refractivity contribution in [3.8, 4) is 11.1 Å². The maximum atomic E-state index is 11.1. The minimum absolute atomic E-state index is 0.578. The predicted molar refractivity (Wildman–Crippen MR) is 70.3 cm³/mol. The van der Waals surface area contributed by atoms with Crippen LogP contribution in [0.25, 0.3) is 11.1 Å². The average molecular weight is 247 g/mol. The molecule has 17 heavy (non-hydrogen) atoms. The van der Waals surface area contributed by atoms with Gasteiger partial charge in [0.05, 0.1) is 6.26 Å². The fourth-order valence-corrected chi connectivity index (χ4v) is 2.16. The van der Waals surface area contributed by atoms with Crippen molar-refractivity contribution < 1.29 is 8.42 Å². The van der Waals surface area contributed by atoms with Gasteiger partial charge in [0.2, 0.25) is 10.0 Å². The molecule has 0 atom stereocenters. The molecular weight excluding hydrogens is 234 g/mol. The van der Waals surface area contributed by atoms with Crippen molar-refractivity contribution in [1.82, 2.24) is 0 Å². The molecule has 2 aromatic rings. The summed E-state index contributed by atoms with van der Waals surface area (Å²) < 4.78 is 24.7. The van der Waals surface area contributed by atoms with E-state index in [2.05, 4.69) is 4.72 Å². The van der Waals surface area contributed by atoms with Crippen LogP contribution < -0.4 is 4.72 Å². The monoisotopic (exact) mass is 247 g/mol. The molecule has 1 N–H and O–H groups in total. The fourth-order valence-electron chi connectivity index (χ4n) is 1.61. The summed E-state index contributed by atoms with van der Waals surface area (Å²) in [6, 6.07) is 17.1. The maximum absolute atomic E-state index is 11.1. The first-order valence-electron chi connectivity index (χ1n) is 5.18. The van der Waals surface area contributed by atoms with Crippen LogP contribution >= 0.6 is 0 Å². The third kappa shape index (κ3) is 3.32. The Bertz CT molecular complexity index is 606. The highest BCUT2D eigenvalue weighted by molar-refractivity contribution is 7.92. The van der Waals surface area contributed by atoms with Crippen LogP contribution in [0.3, 0.4) is 0 Å². The van der Waals surface area contributed by atoms with Gasteiger partial charge in [0.25, 0.3) is 0 Å². The molecule has 0 fully saturated rings. The number of sulfonamides is 1. The highest BCUT2D eigenvalue weighted by atomic mass is 32.2. The first-order chi connectivity index (χ1) is 8.04. The van der Waals surface area contributed by atoms with E-state index in [4.69, 9.17) is 0 Å². The van der Waals surface area contributed by atoms with Crippen LogP contribution in [0.15, 0.2) is 54.6 Å². The second-order valence-electron chi connectivity index (χ2n) is 3.82. The Balaban J connectivity index is 2.36. The molecular formula is C13H13NO2S. The highest BCUT2D eigenvalue weighted by Crippen LogP contribution is 2.22. The number of hydrogen-bond donors (Lipinski definition) is 1. The zero-order valence-electron chi connectivity index (χ0n) is 9.42. The molecule has 0 saturated heterocycles. The summed E-state index contributed by atoms with van der Waals surface area (Å²) in [5.41, 5.74) is 2.62. The first kappa shape index (κ1) is 11.7. The Morgan fingerprint density at radius 2 is 1.53 bits per heavy atom. The Hall–Kier alpha value is -1.81. The third-order valence-corrected chi connectivity index (χ3v) is 2.88. The van der Waals surface area contributed by atoms with Crippen LogP contribution in [-0.2, 0) is 10.0 Å². The Morgan fingerprint density at radius 1 is 0.882 bits per heavy atom. The van der Waals surface area contributed by atoms with Crippen molar-refractivity contribution in [3.63, 3.8) is 0 Å². The fraction of sp³-hybridized carbons (Fsp3) is 0.0769. The van der Waals surface area contributed by atoms with E-state index in [0.29, 0.717) is 5.69 Å². The minimum atomic E-state index is -3.23. The van der Waals surface area contributed by atoms with Gasteiger partial charge in [-0.2, -0.15) is 0 Å². The summed E-state index contributed by atoms with van der Waals surface area (Å²) in [6.45, 7) is 0. The highest BCUT2D eigenvalue weighted by Gasteiger charge is 2.03. The van der Waals surface area contributed by atoms with Crippen LogP contribution in [0, 0.1) is 0 Å². The van der Waals surface area contributed by atoms with Gasteiger partial charge in [-0.3, -0.25) is 4.72 Å². The minimum Gasteiger partial charge on any atom is -0.284 e. The maximum Gasteiger partial charge on any atom is 0.229 e. The molecule has 0 aromatic heterocycles. The number of benzene rings is 2. The number of rotatable bonds is 3. The van der Waals surface area contributed by atoms with Gasteiger partial charge in [-0.05, 0) is 23.3 Å². The van der Waals surface area contributed by atoms with Crippen LogP contribution in [0.1, 0.15) is 0 Å². The molecule has 0 heterocycles. The second kappa shape index (κ2) is 4.59. The summed E-state index contributed by atoms with van der Waals surface area (Å²) in [5.74, 6) is 0. The molecule has 2 aromatic carbocycles. The lowest BCUT2D eigenvalue weighted by Crippen LogP contribution is -2.09. The number of hydrogen-bond acceptors (Lipinski definition) is 2. The lowest BCUT2D eigenvalue weighted by atomic mass is 10.1. The van der Waals surface area contributed by atoms with Crippen molar-refractivity contribution in [2.45, 2.75) is 0 Å². The third-order valence-electron chi connectivity index (χ3n) is 2.27. The van der Waals surface area contributed by atoms with Crippen molar-refractivity contribution in [1.29, 1.82) is 0 Å². The topological polar surface area (TPSA) is 46.2 Å². The van der Waals surface area contributed by atoms with Crippen LogP contribution in [0.2, 0.25) is 0 Å². The van der Waals surface area contributed by atoms with Crippen molar-refractivity contribution in [3.05, 3.63) is 54.6 Å². The van der Waals surface area contributed by atoms with Gasteiger partial charge < -0.3 is 0 Å². The van der Waals surface area contributed by atoms with Gasteiger partial charge in [0, 0.05) is 5.69 Å². The summed E-state index contributed by atoms with van der Waals surface area (Å²) in [6.07, 6.45) is 1.14. The summed E-state index contributed by atoms with van der Waals surface area (Å²) >= 11 is 0. The molecule has 2 rings (SSSR count). The molecule has 4 heteroatoms. The zero-order valence-corrected chi connectivity index (χ0v) is 10.2. The van der Waals surface area contributed by atoms with Crippen LogP contribution in [-0.4, -0.2) is 14.7 Å². The average Bonchev–Trinajstić information content (AvgIpc) is 2.28. The van der Waals surface area contributed by atoms with Gasteiger partial charge in [-0.15, -0.1) is 0 Å². The van der Waals surface area contributed by atoms with Gasteiger partial charge >= 0.3 is 0 Å². The molecule has 3 nitrogen and oxygen atoms in total. The zero-order chi connectivity index (χ0) is 12.3. The van der Waals surface area contributed by atoms with Crippen molar-refractivity contribution in [2.24, 2.45) is 0 Å². The lowest BCUT2D eigenvalue weighted by Gasteiger charge is -2.06. The normalized spacial score (nSPS) is 11.1. The van der Waals surface area contributed by atoms with Gasteiger partial charge in [0.1, 0.15) is 0 Å². The molecule has 0 unspecified atom stereocenters. The number of nitrogens with one attached hydrogen (secondary N) is 1. The van der Waals surface area contributed by atoms with Gasteiger partial charge in [0.15, 0.2) is 0 Å². The van der Waals surface area contributed by atoms with Crippen LogP contribution in [0.5, 0.6) is 0 Å². The smallest absolute Gasteiger partial charge is 0.229 e. The Morgan fingerprint density at radius 3 is 2.18 bits per heavy atom. The van der Waals surface area contributed by atoms with E-state index >= 15 is 0 Å². The van der Waals surface area contributed by atoms with E-state index in [1.807, 2.05) is 48.5 Å². The van der Waals surface area contributed by atoms with E-state index in [0.717, 1.165) is 17.4 Å². The van der Waals surface area contributed by atoms with E-state index in [9.17, 15) is 8.42 Å². The van der Waals surface area contributed by atoms with Gasteiger partial charge in [-0.25, -0.2) is 8.42 Å². The number of anilines is 1. The summed E-state index contributed by atoms with van der Waals surface area (Å²) in [5, 5.41) is 0. The van der Waals surface area contributed by atoms with E-state index in [1.54, 1.807) is 6.07 Å². The standard InChI is InChI=1S/C13H13NO2S/c1-17(15,16)14-13-9-5-8-12(10-13)11-6-3-2-4-7-11/h2-10,14H,1H3. The Kier molecular flexibility index (Phi) is 3.15. The molecule has 0 saturated carbocycles. The predicted octanol–water partition coefficient (Wildman–Crippen LogP) is 2.73. The quantitative estimate of drug-likeness (QED) is 0.906. The molecule has 0 spiro atoms. The van der Waals surface area contributed by atoms with Crippen molar-refractivity contribution in [2.75, 3.05) is 11.0 Å². The summed E-state index contributed by atoms with van der Waals surface area (Å²) in [7, 11) is -3.23. The molecule has 0 radical (unpaired) electrons. The molecule has 0 bridgehead atoms. The van der Waals surface area contributed by atoms with E-state index in [-0.39, 0.29) is 0 Å². The molecule has 88 valence electrons. The lowest BCUT2D eigenvalue weighted by molar-refractivity contribution is 0.607. The first-order valence-corrected chi connectivity index (χ1v) is 7.07. The van der Waals surface area contributed by atoms with Crippen LogP contribution in [0.4, 0.5) is 5.69 Å². The molecule has 0 aliphatic rings. The van der Waals surface area contributed by atoms with Crippen molar-refractivity contribution >= 4 is 15.7 Å². The van der Waals surface area contributed by atoms with Gasteiger partial charge in [-0.1, -0.05) is 42.5 Å². The summed E-state index contributed by atoms with van der Waals surface area (Å²) in [4.78, 5) is 0.